The highest BCUT2D eigenvalue weighted by molar-refractivity contribution is 6.04. The Balaban J connectivity index is 2.22. The zero-order chi connectivity index (χ0) is 13.8. The van der Waals surface area contributed by atoms with Gasteiger partial charge in [-0.1, -0.05) is 0 Å². The van der Waals surface area contributed by atoms with Crippen LogP contribution in [0.4, 0.5) is 5.69 Å². The fourth-order valence-corrected chi connectivity index (χ4v) is 1.68. The van der Waals surface area contributed by atoms with Gasteiger partial charge in [-0.15, -0.1) is 0 Å². The monoisotopic (exact) mass is 258 g/mol. The summed E-state index contributed by atoms with van der Waals surface area (Å²) in [6.07, 6.45) is 1.44. The summed E-state index contributed by atoms with van der Waals surface area (Å²) in [4.78, 5) is 25.6. The van der Waals surface area contributed by atoms with E-state index in [2.05, 4.69) is 10.3 Å². The summed E-state index contributed by atoms with van der Waals surface area (Å²) >= 11 is 0. The van der Waals surface area contributed by atoms with Gasteiger partial charge in [0, 0.05) is 23.5 Å². The number of nitrogens with one attached hydrogen (secondary N) is 2. The van der Waals surface area contributed by atoms with E-state index in [1.165, 1.54) is 12.3 Å². The first-order valence-electron chi connectivity index (χ1n) is 5.75. The van der Waals surface area contributed by atoms with E-state index in [0.29, 0.717) is 11.3 Å². The van der Waals surface area contributed by atoms with Crippen LogP contribution in [0, 0.1) is 6.92 Å². The summed E-state index contributed by atoms with van der Waals surface area (Å²) < 4.78 is 5.10. The van der Waals surface area contributed by atoms with E-state index in [-0.39, 0.29) is 11.5 Å². The highest BCUT2D eigenvalue weighted by Gasteiger charge is 2.08. The van der Waals surface area contributed by atoms with Crippen molar-refractivity contribution in [1.29, 1.82) is 0 Å². The van der Waals surface area contributed by atoms with E-state index < -0.39 is 0 Å². The van der Waals surface area contributed by atoms with E-state index in [1.54, 1.807) is 25.3 Å². The summed E-state index contributed by atoms with van der Waals surface area (Å²) in [5, 5.41) is 2.76. The highest BCUT2D eigenvalue weighted by Crippen LogP contribution is 2.21. The lowest BCUT2D eigenvalue weighted by atomic mass is 10.1. The Morgan fingerprint density at radius 2 is 2.05 bits per heavy atom. The Kier molecular flexibility index (Phi) is 3.66. The van der Waals surface area contributed by atoms with Crippen LogP contribution in [0.15, 0.2) is 41.3 Å². The van der Waals surface area contributed by atoms with Gasteiger partial charge in [0.2, 0.25) is 5.56 Å². The number of aromatic nitrogens is 1. The van der Waals surface area contributed by atoms with Gasteiger partial charge in [0.05, 0.1) is 7.11 Å². The SMILES string of the molecule is COc1ccc(NC(=O)c2cc[nH]c(=O)c2)c(C)c1. The van der Waals surface area contributed by atoms with Crippen LogP contribution in [0.3, 0.4) is 0 Å². The van der Waals surface area contributed by atoms with Gasteiger partial charge in [-0.2, -0.15) is 0 Å². The molecule has 0 atom stereocenters. The molecule has 0 unspecified atom stereocenters. The number of rotatable bonds is 3. The first-order chi connectivity index (χ1) is 9.10. The second kappa shape index (κ2) is 5.39. The fourth-order valence-electron chi connectivity index (χ4n) is 1.68. The molecule has 2 aromatic rings. The van der Waals surface area contributed by atoms with Crippen LogP contribution in [0.1, 0.15) is 15.9 Å². The number of anilines is 1. The van der Waals surface area contributed by atoms with Gasteiger partial charge in [0.25, 0.3) is 5.91 Å². The third-order valence-electron chi connectivity index (χ3n) is 2.72. The molecule has 1 aromatic carbocycles. The van der Waals surface area contributed by atoms with Gasteiger partial charge >= 0.3 is 0 Å². The lowest BCUT2D eigenvalue weighted by Gasteiger charge is -2.09. The Labute approximate surface area is 110 Å². The molecule has 0 radical (unpaired) electrons. The predicted octanol–water partition coefficient (Wildman–Crippen LogP) is 1.94. The molecule has 1 heterocycles. The average molecular weight is 258 g/mol. The van der Waals surface area contributed by atoms with Gasteiger partial charge in [-0.3, -0.25) is 9.59 Å². The van der Waals surface area contributed by atoms with E-state index in [1.807, 2.05) is 13.0 Å². The number of methoxy groups -OCH3 is 1. The molecule has 0 spiro atoms. The summed E-state index contributed by atoms with van der Waals surface area (Å²) in [6.45, 7) is 1.87. The van der Waals surface area contributed by atoms with Gasteiger partial charge < -0.3 is 15.0 Å². The van der Waals surface area contributed by atoms with Crippen molar-refractivity contribution in [2.45, 2.75) is 6.92 Å². The van der Waals surface area contributed by atoms with Crippen LogP contribution in [0.2, 0.25) is 0 Å². The van der Waals surface area contributed by atoms with Crippen molar-refractivity contribution in [3.63, 3.8) is 0 Å². The normalized spacial score (nSPS) is 10.0. The Bertz CT molecular complexity index is 662. The highest BCUT2D eigenvalue weighted by atomic mass is 16.5. The predicted molar refractivity (Wildman–Crippen MR) is 72.7 cm³/mol. The third kappa shape index (κ3) is 3.01. The van der Waals surface area contributed by atoms with Crippen LogP contribution >= 0.6 is 0 Å². The van der Waals surface area contributed by atoms with Gasteiger partial charge in [-0.05, 0) is 36.8 Å². The molecule has 0 saturated carbocycles. The molecule has 1 aromatic heterocycles. The zero-order valence-corrected chi connectivity index (χ0v) is 10.7. The van der Waals surface area contributed by atoms with Crippen LogP contribution in [-0.4, -0.2) is 18.0 Å². The van der Waals surface area contributed by atoms with E-state index in [0.717, 1.165) is 11.3 Å². The number of carbonyl (C=O) groups excluding carboxylic acids is 1. The number of carbonyl (C=O) groups is 1. The van der Waals surface area contributed by atoms with Crippen LogP contribution < -0.4 is 15.6 Å². The van der Waals surface area contributed by atoms with E-state index in [9.17, 15) is 9.59 Å². The first-order valence-corrected chi connectivity index (χ1v) is 5.75. The Morgan fingerprint density at radius 3 is 2.68 bits per heavy atom. The molecule has 0 aliphatic heterocycles. The molecule has 0 fully saturated rings. The molecule has 5 nitrogen and oxygen atoms in total. The van der Waals surface area contributed by atoms with Crippen molar-refractivity contribution in [3.8, 4) is 5.75 Å². The van der Waals surface area contributed by atoms with Crippen molar-refractivity contribution in [2.24, 2.45) is 0 Å². The standard InChI is InChI=1S/C14H14N2O3/c1-9-7-11(19-2)3-4-12(9)16-14(18)10-5-6-15-13(17)8-10/h3-8H,1-2H3,(H,15,17)(H,16,18). The fraction of sp³-hybridized carbons (Fsp3) is 0.143. The Hall–Kier alpha value is -2.56. The number of pyridine rings is 1. The number of amides is 1. The number of ether oxygens (including phenoxy) is 1. The maximum Gasteiger partial charge on any atom is 0.255 e. The van der Waals surface area contributed by atoms with Crippen molar-refractivity contribution in [3.05, 3.63) is 58.0 Å². The van der Waals surface area contributed by atoms with E-state index in [4.69, 9.17) is 4.74 Å². The largest absolute Gasteiger partial charge is 0.497 e. The number of benzene rings is 1. The van der Waals surface area contributed by atoms with Crippen LogP contribution in [0.5, 0.6) is 5.75 Å². The summed E-state index contributed by atoms with van der Waals surface area (Å²) in [5.74, 6) is 0.408. The molecule has 5 heteroatoms. The molecule has 0 aliphatic rings. The molecule has 0 saturated heterocycles. The maximum atomic E-state index is 12.0. The second-order valence-corrected chi connectivity index (χ2v) is 4.08. The number of hydrogen-bond donors (Lipinski definition) is 2. The number of aromatic amines is 1. The summed E-state index contributed by atoms with van der Waals surface area (Å²) in [6, 6.07) is 8.16. The quantitative estimate of drug-likeness (QED) is 0.883. The first kappa shape index (κ1) is 12.9. The van der Waals surface area contributed by atoms with Crippen LogP contribution in [0.25, 0.3) is 0 Å². The van der Waals surface area contributed by atoms with Crippen molar-refractivity contribution >= 4 is 11.6 Å². The molecule has 2 rings (SSSR count). The molecule has 1 amide bonds. The molecular formula is C14H14N2O3. The average Bonchev–Trinajstić information content (AvgIpc) is 2.41. The number of H-pyrrole nitrogens is 1. The van der Waals surface area contributed by atoms with Gasteiger partial charge in [0.15, 0.2) is 0 Å². The summed E-state index contributed by atoms with van der Waals surface area (Å²) in [7, 11) is 1.59. The molecule has 2 N–H and O–H groups in total. The lowest BCUT2D eigenvalue weighted by Crippen LogP contribution is -2.16. The van der Waals surface area contributed by atoms with Crippen LogP contribution in [-0.2, 0) is 0 Å². The smallest absolute Gasteiger partial charge is 0.255 e. The lowest BCUT2D eigenvalue weighted by molar-refractivity contribution is 0.102. The molecule has 98 valence electrons. The molecule has 0 aliphatic carbocycles. The van der Waals surface area contributed by atoms with Crippen molar-refractivity contribution < 1.29 is 9.53 Å². The number of hydrogen-bond acceptors (Lipinski definition) is 3. The third-order valence-corrected chi connectivity index (χ3v) is 2.72. The summed E-state index contributed by atoms with van der Waals surface area (Å²) in [5.41, 5.74) is 1.58. The van der Waals surface area contributed by atoms with Crippen molar-refractivity contribution in [2.75, 3.05) is 12.4 Å². The van der Waals surface area contributed by atoms with Crippen molar-refractivity contribution in [1.82, 2.24) is 4.98 Å². The minimum atomic E-state index is -0.320. The second-order valence-electron chi connectivity index (χ2n) is 4.08. The minimum Gasteiger partial charge on any atom is -0.497 e. The Morgan fingerprint density at radius 1 is 1.26 bits per heavy atom. The number of aryl methyl sites for hydroxylation is 1. The van der Waals surface area contributed by atoms with E-state index >= 15 is 0 Å². The molecular weight excluding hydrogens is 244 g/mol. The molecule has 19 heavy (non-hydrogen) atoms. The molecule has 0 bridgehead atoms. The maximum absolute atomic E-state index is 12.0. The minimum absolute atomic E-state index is 0.306. The van der Waals surface area contributed by atoms with Gasteiger partial charge in [-0.25, -0.2) is 0 Å². The topological polar surface area (TPSA) is 71.2 Å². The van der Waals surface area contributed by atoms with Gasteiger partial charge in [0.1, 0.15) is 5.75 Å². The zero-order valence-electron chi connectivity index (χ0n) is 10.7.